The van der Waals surface area contributed by atoms with E-state index in [9.17, 15) is 14.4 Å². The van der Waals surface area contributed by atoms with Crippen molar-refractivity contribution in [3.8, 4) is 0 Å². The van der Waals surface area contributed by atoms with Gasteiger partial charge in [-0.3, -0.25) is 4.79 Å². The maximum absolute atomic E-state index is 11.5. The van der Waals surface area contributed by atoms with Crippen LogP contribution in [-0.4, -0.2) is 35.7 Å². The molecule has 8 nitrogen and oxygen atoms in total. The van der Waals surface area contributed by atoms with Gasteiger partial charge in [-0.2, -0.15) is 0 Å². The molecule has 3 N–H and O–H groups in total. The van der Waals surface area contributed by atoms with Crippen LogP contribution in [0.4, 0.5) is 0 Å². The number of carbonyl (C=O) groups excluding carboxylic acids is 3. The van der Waals surface area contributed by atoms with Crippen molar-refractivity contribution in [3.63, 3.8) is 0 Å². The summed E-state index contributed by atoms with van der Waals surface area (Å²) in [6, 6.07) is 7.62. The Bertz CT molecular complexity index is 489. The van der Waals surface area contributed by atoms with E-state index in [0.29, 0.717) is 0 Å². The van der Waals surface area contributed by atoms with E-state index in [-0.39, 0.29) is 6.61 Å². The van der Waals surface area contributed by atoms with Gasteiger partial charge in [0.05, 0.1) is 6.42 Å². The van der Waals surface area contributed by atoms with Crippen molar-refractivity contribution >= 4 is 17.9 Å². The normalized spacial score (nSPS) is 11.3. The van der Waals surface area contributed by atoms with E-state index in [0.717, 1.165) is 5.56 Å². The van der Waals surface area contributed by atoms with Crippen molar-refractivity contribution in [1.82, 2.24) is 0 Å². The molecule has 0 saturated carbocycles. The molecule has 0 radical (unpaired) electrons. The third-order valence-corrected chi connectivity index (χ3v) is 2.28. The maximum Gasteiger partial charge on any atom is 0.380 e. The Morgan fingerprint density at radius 2 is 1.76 bits per heavy atom. The number of aliphatic hydroxyl groups excluding tert-OH is 1. The van der Waals surface area contributed by atoms with Gasteiger partial charge in [0, 0.05) is 0 Å². The topological polar surface area (TPSA) is 125 Å². The minimum absolute atomic E-state index is 0.0565. The highest BCUT2D eigenvalue weighted by atomic mass is 17.2. The standard InChI is InChI=1S/C13H15NO7/c14-10(13(18)21-20-12(17)7-15)6-11(16)19-8-9-4-2-1-3-5-9/h1-5,10,15H,6-8,14H2. The lowest BCUT2D eigenvalue weighted by Gasteiger charge is -2.09. The fourth-order valence-electron chi connectivity index (χ4n) is 1.24. The number of ether oxygens (including phenoxy) is 1. The number of carbonyl (C=O) groups is 3. The average molecular weight is 297 g/mol. The first kappa shape index (κ1) is 16.6. The zero-order chi connectivity index (χ0) is 15.7. The molecule has 114 valence electrons. The van der Waals surface area contributed by atoms with Crippen LogP contribution in [-0.2, 0) is 35.5 Å². The maximum atomic E-state index is 11.5. The van der Waals surface area contributed by atoms with E-state index < -0.39 is 37.0 Å². The zero-order valence-electron chi connectivity index (χ0n) is 11.1. The first-order valence-electron chi connectivity index (χ1n) is 6.00. The highest BCUT2D eigenvalue weighted by Gasteiger charge is 2.22. The van der Waals surface area contributed by atoms with Crippen LogP contribution in [0.1, 0.15) is 12.0 Å². The number of benzene rings is 1. The Labute approximate surface area is 120 Å². The summed E-state index contributed by atoms with van der Waals surface area (Å²) >= 11 is 0. The van der Waals surface area contributed by atoms with Crippen molar-refractivity contribution in [2.24, 2.45) is 5.73 Å². The number of esters is 1. The van der Waals surface area contributed by atoms with E-state index in [4.69, 9.17) is 15.6 Å². The molecule has 0 aliphatic heterocycles. The number of aliphatic hydroxyl groups is 1. The van der Waals surface area contributed by atoms with Crippen LogP contribution in [0.2, 0.25) is 0 Å². The first-order chi connectivity index (χ1) is 10.0. The van der Waals surface area contributed by atoms with Gasteiger partial charge in [-0.1, -0.05) is 30.3 Å². The van der Waals surface area contributed by atoms with Gasteiger partial charge in [0.1, 0.15) is 19.3 Å². The highest BCUT2D eigenvalue weighted by molar-refractivity contribution is 5.82. The molecule has 0 aliphatic rings. The van der Waals surface area contributed by atoms with Crippen molar-refractivity contribution in [2.75, 3.05) is 6.61 Å². The Kier molecular flexibility index (Phi) is 6.85. The third kappa shape index (κ3) is 6.50. The summed E-state index contributed by atoms with van der Waals surface area (Å²) in [5.74, 6) is -2.97. The lowest BCUT2D eigenvalue weighted by atomic mass is 10.2. The summed E-state index contributed by atoms with van der Waals surface area (Å²) in [5.41, 5.74) is 6.18. The average Bonchev–Trinajstić information content (AvgIpc) is 2.51. The lowest BCUT2D eigenvalue weighted by molar-refractivity contribution is -0.261. The Balaban J connectivity index is 2.29. The molecule has 0 heterocycles. The van der Waals surface area contributed by atoms with Crippen molar-refractivity contribution < 1.29 is 34.0 Å². The van der Waals surface area contributed by atoms with Crippen LogP contribution in [0.25, 0.3) is 0 Å². The molecule has 1 rings (SSSR count). The molecule has 1 aromatic rings. The minimum Gasteiger partial charge on any atom is -0.461 e. The molecule has 0 saturated heterocycles. The molecule has 1 unspecified atom stereocenters. The molecule has 1 aromatic carbocycles. The second kappa shape index (κ2) is 8.67. The summed E-state index contributed by atoms with van der Waals surface area (Å²) in [6.07, 6.45) is -0.428. The SMILES string of the molecule is NC(CC(=O)OCc1ccccc1)C(=O)OOC(=O)CO. The molecule has 0 spiro atoms. The molecule has 0 amide bonds. The van der Waals surface area contributed by atoms with Gasteiger partial charge >= 0.3 is 17.9 Å². The van der Waals surface area contributed by atoms with Gasteiger partial charge in [0.25, 0.3) is 0 Å². The summed E-state index contributed by atoms with van der Waals surface area (Å²) in [6.45, 7) is -0.886. The van der Waals surface area contributed by atoms with Gasteiger partial charge < -0.3 is 15.6 Å². The predicted molar refractivity (Wildman–Crippen MR) is 68.1 cm³/mol. The number of hydrogen-bond acceptors (Lipinski definition) is 8. The first-order valence-corrected chi connectivity index (χ1v) is 6.00. The third-order valence-electron chi connectivity index (χ3n) is 2.28. The molecular weight excluding hydrogens is 282 g/mol. The lowest BCUT2D eigenvalue weighted by Crippen LogP contribution is -2.35. The summed E-state index contributed by atoms with van der Waals surface area (Å²) in [7, 11) is 0. The molecule has 0 fully saturated rings. The fourth-order valence-corrected chi connectivity index (χ4v) is 1.24. The van der Waals surface area contributed by atoms with Crippen molar-refractivity contribution in [3.05, 3.63) is 35.9 Å². The van der Waals surface area contributed by atoms with Gasteiger partial charge in [-0.25, -0.2) is 19.4 Å². The molecular formula is C13H15NO7. The van der Waals surface area contributed by atoms with Crippen LogP contribution in [0.5, 0.6) is 0 Å². The van der Waals surface area contributed by atoms with Crippen LogP contribution >= 0.6 is 0 Å². The molecule has 21 heavy (non-hydrogen) atoms. The monoisotopic (exact) mass is 297 g/mol. The molecule has 0 bridgehead atoms. The van der Waals surface area contributed by atoms with Crippen molar-refractivity contribution in [2.45, 2.75) is 19.1 Å². The number of rotatable bonds is 6. The second-order valence-electron chi connectivity index (χ2n) is 3.97. The largest absolute Gasteiger partial charge is 0.461 e. The number of hydrogen-bond donors (Lipinski definition) is 2. The van der Waals surface area contributed by atoms with E-state index in [1.807, 2.05) is 6.07 Å². The Morgan fingerprint density at radius 1 is 1.10 bits per heavy atom. The molecule has 8 heteroatoms. The van der Waals surface area contributed by atoms with Gasteiger partial charge in [0.2, 0.25) is 0 Å². The minimum atomic E-state index is -1.33. The van der Waals surface area contributed by atoms with Gasteiger partial charge in [0.15, 0.2) is 0 Å². The van der Waals surface area contributed by atoms with E-state index in [2.05, 4.69) is 9.78 Å². The number of nitrogens with two attached hydrogens (primary N) is 1. The summed E-state index contributed by atoms with van der Waals surface area (Å²) < 4.78 is 4.92. The molecule has 1 atom stereocenters. The quantitative estimate of drug-likeness (QED) is 0.406. The summed E-state index contributed by atoms with van der Waals surface area (Å²) in [4.78, 5) is 41.2. The Hall–Kier alpha value is -2.45. The van der Waals surface area contributed by atoms with Crippen LogP contribution in [0, 0.1) is 0 Å². The smallest absolute Gasteiger partial charge is 0.380 e. The van der Waals surface area contributed by atoms with E-state index in [1.54, 1.807) is 24.3 Å². The second-order valence-corrected chi connectivity index (χ2v) is 3.97. The Morgan fingerprint density at radius 3 is 2.38 bits per heavy atom. The zero-order valence-corrected chi connectivity index (χ0v) is 11.1. The predicted octanol–water partition coefficient (Wildman–Crippen LogP) is -0.559. The van der Waals surface area contributed by atoms with Gasteiger partial charge in [-0.15, -0.1) is 0 Å². The molecule has 0 aliphatic carbocycles. The summed E-state index contributed by atoms with van der Waals surface area (Å²) in [5, 5.41) is 8.34. The highest BCUT2D eigenvalue weighted by Crippen LogP contribution is 2.03. The van der Waals surface area contributed by atoms with Crippen LogP contribution in [0.3, 0.4) is 0 Å². The van der Waals surface area contributed by atoms with E-state index >= 15 is 0 Å². The van der Waals surface area contributed by atoms with Crippen LogP contribution < -0.4 is 5.73 Å². The van der Waals surface area contributed by atoms with Crippen LogP contribution in [0.15, 0.2) is 30.3 Å². The van der Waals surface area contributed by atoms with E-state index in [1.165, 1.54) is 0 Å². The molecule has 0 aromatic heterocycles. The van der Waals surface area contributed by atoms with Gasteiger partial charge in [-0.05, 0) is 5.56 Å². The fraction of sp³-hybridized carbons (Fsp3) is 0.308. The van der Waals surface area contributed by atoms with Crippen molar-refractivity contribution in [1.29, 1.82) is 0 Å².